The highest BCUT2D eigenvalue weighted by molar-refractivity contribution is 5.80. The molecule has 2 atom stereocenters. The molecule has 2 aromatic heterocycles. The molecular weight excluding hydrogens is 352 g/mol. The topological polar surface area (TPSA) is 103 Å². The van der Waals surface area contributed by atoms with Crippen molar-refractivity contribution in [2.45, 2.75) is 45.1 Å². The number of nitrogen functional groups attached to an aromatic ring is 1. The molecule has 0 spiro atoms. The highest BCUT2D eigenvalue weighted by atomic mass is 16.5. The lowest BCUT2D eigenvalue weighted by molar-refractivity contribution is 0.321. The van der Waals surface area contributed by atoms with E-state index in [-0.39, 0.29) is 6.04 Å². The van der Waals surface area contributed by atoms with Crippen LogP contribution >= 0.6 is 0 Å². The van der Waals surface area contributed by atoms with E-state index in [1.807, 2.05) is 37.4 Å². The van der Waals surface area contributed by atoms with E-state index < -0.39 is 0 Å². The van der Waals surface area contributed by atoms with Gasteiger partial charge in [0.25, 0.3) is 0 Å². The molecule has 1 aromatic carbocycles. The molecule has 1 unspecified atom stereocenters. The average molecular weight is 380 g/mol. The number of aromatic nitrogens is 3. The molecule has 7 heteroatoms. The molecule has 7 nitrogen and oxygen atoms in total. The lowest BCUT2D eigenvalue weighted by atomic mass is 9.82. The Hall–Kier alpha value is -2.80. The minimum absolute atomic E-state index is 0.283. The Labute approximate surface area is 165 Å². The van der Waals surface area contributed by atoms with Gasteiger partial charge in [-0.25, -0.2) is 9.50 Å². The fourth-order valence-electron chi connectivity index (χ4n) is 4.09. The van der Waals surface area contributed by atoms with E-state index in [1.54, 1.807) is 10.7 Å². The standard InChI is InChI=1S/C21H28N6O/c1-2-28-17-8-6-16(7-9-17)25-19-18(13-14-4-3-5-15(22)12-14)20(23)26-27-11-10-24-21(19)27/h6-11,14-15,25H,2-5,12-13,22H2,1H3,(H2,23,26)/t14?,15-/m0/s1. The molecule has 28 heavy (non-hydrogen) atoms. The molecule has 5 N–H and O–H groups in total. The summed E-state index contributed by atoms with van der Waals surface area (Å²) in [5.74, 6) is 1.91. The Balaban J connectivity index is 1.67. The smallest absolute Gasteiger partial charge is 0.177 e. The Kier molecular flexibility index (Phi) is 5.34. The van der Waals surface area contributed by atoms with Gasteiger partial charge in [-0.1, -0.05) is 12.8 Å². The molecule has 148 valence electrons. The van der Waals surface area contributed by atoms with Crippen molar-refractivity contribution in [3.8, 4) is 5.75 Å². The van der Waals surface area contributed by atoms with Gasteiger partial charge < -0.3 is 21.5 Å². The fraction of sp³-hybridized carbons (Fsp3) is 0.429. The number of nitrogens with two attached hydrogens (primary N) is 2. The maximum Gasteiger partial charge on any atom is 0.177 e. The van der Waals surface area contributed by atoms with Crippen molar-refractivity contribution >= 4 is 22.8 Å². The van der Waals surface area contributed by atoms with E-state index in [0.29, 0.717) is 18.3 Å². The first kappa shape index (κ1) is 18.6. The molecule has 1 fully saturated rings. The van der Waals surface area contributed by atoms with Gasteiger partial charge in [-0.3, -0.25) is 0 Å². The minimum Gasteiger partial charge on any atom is -0.494 e. The number of imidazole rings is 1. The molecule has 2 heterocycles. The predicted molar refractivity (Wildman–Crippen MR) is 112 cm³/mol. The molecule has 0 radical (unpaired) electrons. The van der Waals surface area contributed by atoms with Crippen LogP contribution in [0.1, 0.15) is 38.2 Å². The van der Waals surface area contributed by atoms with Gasteiger partial charge in [-0.05, 0) is 56.4 Å². The summed E-state index contributed by atoms with van der Waals surface area (Å²) in [6.07, 6.45) is 8.90. The second kappa shape index (κ2) is 8.06. The monoisotopic (exact) mass is 380 g/mol. The Bertz CT molecular complexity index is 936. The highest BCUT2D eigenvalue weighted by Gasteiger charge is 2.23. The van der Waals surface area contributed by atoms with Crippen molar-refractivity contribution in [3.05, 3.63) is 42.2 Å². The minimum atomic E-state index is 0.283. The number of rotatable bonds is 6. The SMILES string of the molecule is CCOc1ccc(Nc2c(CC3CCC[C@H](N)C3)c(N)nn3ccnc23)cc1. The lowest BCUT2D eigenvalue weighted by Gasteiger charge is -2.27. The van der Waals surface area contributed by atoms with Crippen LogP contribution in [0.4, 0.5) is 17.2 Å². The molecule has 0 bridgehead atoms. The van der Waals surface area contributed by atoms with Gasteiger partial charge in [-0.15, -0.1) is 5.10 Å². The van der Waals surface area contributed by atoms with Crippen molar-refractivity contribution in [1.82, 2.24) is 14.6 Å². The van der Waals surface area contributed by atoms with Crippen LogP contribution in [0.2, 0.25) is 0 Å². The molecule has 1 aliphatic rings. The Morgan fingerprint density at radius 3 is 2.82 bits per heavy atom. The van der Waals surface area contributed by atoms with Crippen LogP contribution in [-0.4, -0.2) is 27.2 Å². The second-order valence-corrected chi connectivity index (χ2v) is 7.51. The second-order valence-electron chi connectivity index (χ2n) is 7.51. The van der Waals surface area contributed by atoms with Crippen LogP contribution < -0.4 is 21.5 Å². The summed E-state index contributed by atoms with van der Waals surface area (Å²) in [6, 6.07) is 8.20. The van der Waals surface area contributed by atoms with Gasteiger partial charge in [-0.2, -0.15) is 0 Å². The number of hydrogen-bond donors (Lipinski definition) is 3. The molecular formula is C21H28N6O. The molecule has 3 aromatic rings. The quantitative estimate of drug-likeness (QED) is 0.604. The summed E-state index contributed by atoms with van der Waals surface area (Å²) in [4.78, 5) is 4.50. The summed E-state index contributed by atoms with van der Waals surface area (Å²) in [6.45, 7) is 2.63. The van der Waals surface area contributed by atoms with Crippen molar-refractivity contribution in [3.63, 3.8) is 0 Å². The number of benzene rings is 1. The first-order chi connectivity index (χ1) is 13.6. The zero-order valence-electron chi connectivity index (χ0n) is 16.3. The van der Waals surface area contributed by atoms with Crippen molar-refractivity contribution in [1.29, 1.82) is 0 Å². The summed E-state index contributed by atoms with van der Waals surface area (Å²) >= 11 is 0. The van der Waals surface area contributed by atoms with E-state index >= 15 is 0 Å². The first-order valence-corrected chi connectivity index (χ1v) is 10.0. The number of nitrogens with zero attached hydrogens (tertiary/aromatic N) is 3. The summed E-state index contributed by atoms with van der Waals surface area (Å²) < 4.78 is 7.26. The average Bonchev–Trinajstić information content (AvgIpc) is 3.14. The van der Waals surface area contributed by atoms with Crippen LogP contribution in [0.3, 0.4) is 0 Å². The zero-order chi connectivity index (χ0) is 19.5. The normalized spacial score (nSPS) is 19.6. The molecule has 4 rings (SSSR count). The van der Waals surface area contributed by atoms with Gasteiger partial charge in [0.05, 0.1) is 12.3 Å². The molecule has 1 aliphatic carbocycles. The lowest BCUT2D eigenvalue weighted by Crippen LogP contribution is -2.29. The van der Waals surface area contributed by atoms with Gasteiger partial charge >= 0.3 is 0 Å². The number of hydrogen-bond acceptors (Lipinski definition) is 6. The number of ether oxygens (including phenoxy) is 1. The maximum absolute atomic E-state index is 6.36. The Morgan fingerprint density at radius 2 is 2.07 bits per heavy atom. The van der Waals surface area contributed by atoms with E-state index in [9.17, 15) is 0 Å². The summed E-state index contributed by atoms with van der Waals surface area (Å²) in [5.41, 5.74) is 16.2. The van der Waals surface area contributed by atoms with Crippen molar-refractivity contribution in [2.75, 3.05) is 17.7 Å². The van der Waals surface area contributed by atoms with E-state index in [4.69, 9.17) is 16.2 Å². The van der Waals surface area contributed by atoms with Gasteiger partial charge in [0.2, 0.25) is 0 Å². The van der Waals surface area contributed by atoms with Crippen LogP contribution in [0.5, 0.6) is 5.75 Å². The number of fused-ring (bicyclic) bond motifs is 1. The maximum atomic E-state index is 6.36. The van der Waals surface area contributed by atoms with Crippen LogP contribution in [0, 0.1) is 5.92 Å². The van der Waals surface area contributed by atoms with Gasteiger partial charge in [0, 0.05) is 29.7 Å². The third-order valence-corrected chi connectivity index (χ3v) is 5.42. The van der Waals surface area contributed by atoms with Crippen LogP contribution in [0.15, 0.2) is 36.7 Å². The highest BCUT2D eigenvalue weighted by Crippen LogP contribution is 2.34. The predicted octanol–water partition coefficient (Wildman–Crippen LogP) is 3.51. The molecule has 0 amide bonds. The van der Waals surface area contributed by atoms with Crippen LogP contribution in [0.25, 0.3) is 5.65 Å². The molecule has 1 saturated carbocycles. The van der Waals surface area contributed by atoms with Crippen LogP contribution in [-0.2, 0) is 6.42 Å². The van der Waals surface area contributed by atoms with Crippen molar-refractivity contribution in [2.24, 2.45) is 11.7 Å². The summed E-state index contributed by atoms with van der Waals surface area (Å²) in [5, 5.41) is 8.02. The van der Waals surface area contributed by atoms with E-state index in [1.165, 1.54) is 12.8 Å². The molecule has 0 aliphatic heterocycles. The Morgan fingerprint density at radius 1 is 1.25 bits per heavy atom. The number of nitrogens with one attached hydrogen (secondary N) is 1. The van der Waals surface area contributed by atoms with E-state index in [2.05, 4.69) is 15.4 Å². The largest absolute Gasteiger partial charge is 0.494 e. The van der Waals surface area contributed by atoms with E-state index in [0.717, 1.165) is 47.6 Å². The van der Waals surface area contributed by atoms with Crippen molar-refractivity contribution < 1.29 is 4.74 Å². The summed E-state index contributed by atoms with van der Waals surface area (Å²) in [7, 11) is 0. The molecule has 0 saturated heterocycles. The fourth-order valence-corrected chi connectivity index (χ4v) is 4.09. The van der Waals surface area contributed by atoms with Gasteiger partial charge in [0.15, 0.2) is 5.65 Å². The first-order valence-electron chi connectivity index (χ1n) is 10.0. The third-order valence-electron chi connectivity index (χ3n) is 5.42. The van der Waals surface area contributed by atoms with Gasteiger partial charge in [0.1, 0.15) is 11.6 Å². The number of anilines is 3. The third kappa shape index (κ3) is 3.89. The zero-order valence-corrected chi connectivity index (χ0v) is 16.3.